The van der Waals surface area contributed by atoms with E-state index in [-0.39, 0.29) is 0 Å². The molecule has 14 heavy (non-hydrogen) atoms. The predicted molar refractivity (Wildman–Crippen MR) is 61.0 cm³/mol. The molecule has 0 aromatic rings. The first-order chi connectivity index (χ1) is 6.63. The molecule has 1 saturated heterocycles. The number of rotatable bonds is 3. The fourth-order valence-corrected chi connectivity index (χ4v) is 2.76. The van der Waals surface area contributed by atoms with Crippen molar-refractivity contribution in [3.8, 4) is 0 Å². The third kappa shape index (κ3) is 3.38. The van der Waals surface area contributed by atoms with Gasteiger partial charge in [-0.2, -0.15) is 11.8 Å². The molecule has 0 aromatic carbocycles. The summed E-state index contributed by atoms with van der Waals surface area (Å²) in [4.78, 5) is 2.40. The molecular formula is C9H19N3OS. The Kier molecular flexibility index (Phi) is 4.54. The average molecular weight is 217 g/mol. The quantitative estimate of drug-likeness (QED) is 0.320. The largest absolute Gasteiger partial charge is 0.409 e. The molecule has 0 aliphatic carbocycles. The van der Waals surface area contributed by atoms with E-state index in [0.29, 0.717) is 23.5 Å². The van der Waals surface area contributed by atoms with Crippen LogP contribution in [-0.4, -0.2) is 46.1 Å². The van der Waals surface area contributed by atoms with Crippen LogP contribution in [0.5, 0.6) is 0 Å². The number of nitrogens with zero attached hydrogens (tertiary/aromatic N) is 2. The van der Waals surface area contributed by atoms with Gasteiger partial charge < -0.3 is 10.9 Å². The Morgan fingerprint density at radius 2 is 2.50 bits per heavy atom. The summed E-state index contributed by atoms with van der Waals surface area (Å²) in [6.07, 6.45) is 0.647. The van der Waals surface area contributed by atoms with Gasteiger partial charge in [0.2, 0.25) is 0 Å². The number of hydrogen-bond donors (Lipinski definition) is 2. The molecule has 1 aliphatic heterocycles. The van der Waals surface area contributed by atoms with Crippen LogP contribution in [0.2, 0.25) is 0 Å². The first kappa shape index (κ1) is 11.7. The van der Waals surface area contributed by atoms with E-state index >= 15 is 0 Å². The van der Waals surface area contributed by atoms with Crippen LogP contribution in [0, 0.1) is 0 Å². The van der Waals surface area contributed by atoms with E-state index < -0.39 is 0 Å². The van der Waals surface area contributed by atoms with Crippen LogP contribution in [0.3, 0.4) is 0 Å². The van der Waals surface area contributed by atoms with Crippen LogP contribution in [0.25, 0.3) is 0 Å². The molecule has 1 heterocycles. The summed E-state index contributed by atoms with van der Waals surface area (Å²) in [5.41, 5.74) is 5.48. The Bertz CT molecular complexity index is 210. The third-order valence-electron chi connectivity index (χ3n) is 2.53. The van der Waals surface area contributed by atoms with Crippen molar-refractivity contribution < 1.29 is 5.21 Å². The van der Waals surface area contributed by atoms with Gasteiger partial charge >= 0.3 is 0 Å². The molecule has 0 radical (unpaired) electrons. The van der Waals surface area contributed by atoms with E-state index in [4.69, 9.17) is 10.9 Å². The highest BCUT2D eigenvalue weighted by Gasteiger charge is 2.21. The van der Waals surface area contributed by atoms with Gasteiger partial charge in [-0.1, -0.05) is 12.1 Å². The number of amidine groups is 1. The molecule has 1 fully saturated rings. The topological polar surface area (TPSA) is 61.8 Å². The lowest BCUT2D eigenvalue weighted by atomic mass is 10.2. The van der Waals surface area contributed by atoms with Crippen molar-refractivity contribution >= 4 is 17.6 Å². The molecular weight excluding hydrogens is 198 g/mol. The smallest absolute Gasteiger partial charge is 0.140 e. The van der Waals surface area contributed by atoms with Crippen LogP contribution in [0.4, 0.5) is 0 Å². The highest BCUT2D eigenvalue weighted by molar-refractivity contribution is 7.99. The molecule has 82 valence electrons. The molecule has 0 spiro atoms. The van der Waals surface area contributed by atoms with Gasteiger partial charge in [-0.3, -0.25) is 4.90 Å². The van der Waals surface area contributed by atoms with E-state index in [1.165, 1.54) is 5.75 Å². The fraction of sp³-hybridized carbons (Fsp3) is 0.889. The Hall–Kier alpha value is -0.420. The van der Waals surface area contributed by atoms with Crippen molar-refractivity contribution in [2.45, 2.75) is 31.6 Å². The first-order valence-corrected chi connectivity index (χ1v) is 6.00. The maximum Gasteiger partial charge on any atom is 0.140 e. The van der Waals surface area contributed by atoms with E-state index in [0.717, 1.165) is 13.1 Å². The molecule has 0 bridgehead atoms. The second kappa shape index (κ2) is 5.46. The second-order valence-corrected chi connectivity index (χ2v) is 5.37. The first-order valence-electron chi connectivity index (χ1n) is 4.95. The minimum atomic E-state index is 0.323. The second-order valence-electron chi connectivity index (χ2n) is 3.82. The van der Waals surface area contributed by atoms with Crippen molar-refractivity contribution in [2.75, 3.05) is 18.8 Å². The predicted octanol–water partition coefficient (Wildman–Crippen LogP) is 0.949. The summed E-state index contributed by atoms with van der Waals surface area (Å²) < 4.78 is 0. The lowest BCUT2D eigenvalue weighted by Crippen LogP contribution is -2.43. The lowest BCUT2D eigenvalue weighted by Gasteiger charge is -2.35. The maximum atomic E-state index is 8.47. The zero-order valence-electron chi connectivity index (χ0n) is 8.81. The highest BCUT2D eigenvalue weighted by Crippen LogP contribution is 2.20. The van der Waals surface area contributed by atoms with Crippen molar-refractivity contribution in [1.82, 2.24) is 4.90 Å². The molecule has 1 rings (SSSR count). The summed E-state index contributed by atoms with van der Waals surface area (Å²) >= 11 is 2.01. The van der Waals surface area contributed by atoms with Gasteiger partial charge in [0.15, 0.2) is 0 Å². The van der Waals surface area contributed by atoms with Gasteiger partial charge in [0.05, 0.1) is 0 Å². The van der Waals surface area contributed by atoms with Crippen molar-refractivity contribution in [2.24, 2.45) is 10.9 Å². The summed E-state index contributed by atoms with van der Waals surface area (Å²) in [7, 11) is 0. The van der Waals surface area contributed by atoms with Crippen LogP contribution in [0.1, 0.15) is 20.3 Å². The molecule has 0 aromatic heterocycles. The van der Waals surface area contributed by atoms with E-state index in [1.54, 1.807) is 0 Å². The Labute approximate surface area is 89.5 Å². The van der Waals surface area contributed by atoms with Crippen molar-refractivity contribution in [3.05, 3.63) is 0 Å². The molecule has 0 saturated carbocycles. The van der Waals surface area contributed by atoms with Crippen LogP contribution in [-0.2, 0) is 0 Å². The number of thioether (sulfide) groups is 1. The standard InChI is InChI=1S/C9H19N3OS/c1-7(5-9(10)11-13)12-3-4-14-8(2)6-12/h7-8,13H,3-6H2,1-2H3,(H2,10,11). The zero-order valence-corrected chi connectivity index (χ0v) is 9.63. The zero-order chi connectivity index (χ0) is 10.6. The molecule has 2 unspecified atom stereocenters. The molecule has 2 atom stereocenters. The Morgan fingerprint density at radius 3 is 3.07 bits per heavy atom. The summed E-state index contributed by atoms with van der Waals surface area (Å²) in [6, 6.07) is 0.370. The van der Waals surface area contributed by atoms with E-state index in [9.17, 15) is 0 Å². The van der Waals surface area contributed by atoms with Crippen LogP contribution < -0.4 is 5.73 Å². The SMILES string of the molecule is CC1CN(C(C)C/C(N)=N/O)CCS1. The molecule has 4 nitrogen and oxygen atoms in total. The number of oxime groups is 1. The van der Waals surface area contributed by atoms with Gasteiger partial charge in [0, 0.05) is 36.6 Å². The van der Waals surface area contributed by atoms with E-state index in [2.05, 4.69) is 23.9 Å². The third-order valence-corrected chi connectivity index (χ3v) is 3.67. The van der Waals surface area contributed by atoms with Gasteiger partial charge in [-0.05, 0) is 6.92 Å². The van der Waals surface area contributed by atoms with Gasteiger partial charge in [0.25, 0.3) is 0 Å². The van der Waals surface area contributed by atoms with Gasteiger partial charge in [-0.15, -0.1) is 0 Å². The van der Waals surface area contributed by atoms with Crippen LogP contribution in [0.15, 0.2) is 5.16 Å². The molecule has 5 heteroatoms. The molecule has 1 aliphatic rings. The summed E-state index contributed by atoms with van der Waals surface area (Å²) in [5.74, 6) is 1.50. The van der Waals surface area contributed by atoms with Crippen molar-refractivity contribution in [3.63, 3.8) is 0 Å². The minimum Gasteiger partial charge on any atom is -0.409 e. The van der Waals surface area contributed by atoms with Crippen molar-refractivity contribution in [1.29, 1.82) is 0 Å². The van der Waals surface area contributed by atoms with E-state index in [1.807, 2.05) is 11.8 Å². The highest BCUT2D eigenvalue weighted by atomic mass is 32.2. The Balaban J connectivity index is 2.39. The lowest BCUT2D eigenvalue weighted by molar-refractivity contribution is 0.221. The monoisotopic (exact) mass is 217 g/mol. The molecule has 3 N–H and O–H groups in total. The Morgan fingerprint density at radius 1 is 1.79 bits per heavy atom. The normalized spacial score (nSPS) is 27.6. The minimum absolute atomic E-state index is 0.323. The average Bonchev–Trinajstić information content (AvgIpc) is 2.17. The summed E-state index contributed by atoms with van der Waals surface area (Å²) in [5, 5.41) is 12.2. The molecule has 0 amide bonds. The van der Waals surface area contributed by atoms with Crippen LogP contribution >= 0.6 is 11.8 Å². The van der Waals surface area contributed by atoms with Gasteiger partial charge in [-0.25, -0.2) is 0 Å². The fourth-order valence-electron chi connectivity index (χ4n) is 1.72. The van der Waals surface area contributed by atoms with Gasteiger partial charge in [0.1, 0.15) is 5.84 Å². The maximum absolute atomic E-state index is 8.47. The number of hydrogen-bond acceptors (Lipinski definition) is 4. The summed E-state index contributed by atoms with van der Waals surface area (Å²) in [6.45, 7) is 6.58. The number of nitrogens with two attached hydrogens (primary N) is 1.